The quantitative estimate of drug-likeness (QED) is 0.854. The standard InChI is InChI=1S/C14H17ClN4O/c1-4-17-14(20)10-5-6-12(11(16)7-10)19-9(3)13(15)8(2)18-19/h5-7H,4,16H2,1-3H3,(H,17,20). The lowest BCUT2D eigenvalue weighted by Crippen LogP contribution is -2.22. The van der Waals surface area contributed by atoms with Gasteiger partial charge < -0.3 is 11.1 Å². The summed E-state index contributed by atoms with van der Waals surface area (Å²) in [5.74, 6) is -0.142. The number of nitrogens with one attached hydrogen (secondary N) is 1. The maximum Gasteiger partial charge on any atom is 0.251 e. The zero-order chi connectivity index (χ0) is 14.9. The molecule has 6 heteroatoms. The number of hydrogen-bond donors (Lipinski definition) is 2. The van der Waals surface area contributed by atoms with Crippen molar-refractivity contribution in [2.45, 2.75) is 20.8 Å². The molecule has 2 rings (SSSR count). The Labute approximate surface area is 122 Å². The van der Waals surface area contributed by atoms with Crippen molar-refractivity contribution in [2.75, 3.05) is 12.3 Å². The minimum Gasteiger partial charge on any atom is -0.397 e. The highest BCUT2D eigenvalue weighted by Gasteiger charge is 2.14. The molecule has 1 aromatic carbocycles. The Kier molecular flexibility index (Phi) is 3.99. The Balaban J connectivity index is 2.44. The van der Waals surface area contributed by atoms with Crippen molar-refractivity contribution in [3.63, 3.8) is 0 Å². The number of hydrogen-bond acceptors (Lipinski definition) is 3. The number of rotatable bonds is 3. The second-order valence-corrected chi connectivity index (χ2v) is 4.91. The predicted molar refractivity (Wildman–Crippen MR) is 80.5 cm³/mol. The summed E-state index contributed by atoms with van der Waals surface area (Å²) in [6.07, 6.45) is 0. The van der Waals surface area contributed by atoms with E-state index < -0.39 is 0 Å². The summed E-state index contributed by atoms with van der Waals surface area (Å²) in [6.45, 7) is 6.16. The number of nitrogens with two attached hydrogens (primary N) is 1. The number of aryl methyl sites for hydroxylation is 1. The third kappa shape index (κ3) is 2.49. The van der Waals surface area contributed by atoms with Gasteiger partial charge in [0.2, 0.25) is 0 Å². The van der Waals surface area contributed by atoms with Crippen LogP contribution in [0.4, 0.5) is 5.69 Å². The van der Waals surface area contributed by atoms with Gasteiger partial charge in [0.25, 0.3) is 5.91 Å². The number of nitrogens with zero attached hydrogens (tertiary/aromatic N) is 2. The predicted octanol–water partition coefficient (Wildman–Crippen LogP) is 2.47. The van der Waals surface area contributed by atoms with Gasteiger partial charge in [0, 0.05) is 12.1 Å². The normalized spacial score (nSPS) is 10.6. The van der Waals surface area contributed by atoms with Crippen LogP contribution in [0.25, 0.3) is 5.69 Å². The highest BCUT2D eigenvalue weighted by molar-refractivity contribution is 6.31. The molecule has 2 aromatic rings. The number of aromatic nitrogens is 2. The van der Waals surface area contributed by atoms with Gasteiger partial charge in [-0.15, -0.1) is 0 Å². The molecule has 106 valence electrons. The van der Waals surface area contributed by atoms with Crippen LogP contribution in [0.5, 0.6) is 0 Å². The largest absolute Gasteiger partial charge is 0.397 e. The lowest BCUT2D eigenvalue weighted by molar-refractivity contribution is 0.0956. The number of carbonyl (C=O) groups excluding carboxylic acids is 1. The first-order chi connectivity index (χ1) is 9.45. The lowest BCUT2D eigenvalue weighted by Gasteiger charge is -2.10. The summed E-state index contributed by atoms with van der Waals surface area (Å²) in [6, 6.07) is 5.14. The van der Waals surface area contributed by atoms with Crippen LogP contribution < -0.4 is 11.1 Å². The van der Waals surface area contributed by atoms with Gasteiger partial charge in [-0.1, -0.05) is 11.6 Å². The van der Waals surface area contributed by atoms with E-state index in [2.05, 4.69) is 10.4 Å². The zero-order valence-electron chi connectivity index (χ0n) is 11.7. The molecule has 0 saturated carbocycles. The molecule has 0 aliphatic rings. The average Bonchev–Trinajstić information content (AvgIpc) is 2.66. The summed E-state index contributed by atoms with van der Waals surface area (Å²) in [5, 5.41) is 7.71. The number of benzene rings is 1. The molecule has 1 amide bonds. The fourth-order valence-electron chi connectivity index (χ4n) is 2.01. The van der Waals surface area contributed by atoms with Crippen LogP contribution in [-0.2, 0) is 0 Å². The van der Waals surface area contributed by atoms with Gasteiger partial charge in [-0.2, -0.15) is 5.10 Å². The molecule has 0 spiro atoms. The molecule has 1 aromatic heterocycles. The van der Waals surface area contributed by atoms with Crippen molar-refractivity contribution < 1.29 is 4.79 Å². The van der Waals surface area contributed by atoms with Crippen LogP contribution in [0.2, 0.25) is 5.02 Å². The molecule has 0 fully saturated rings. The van der Waals surface area contributed by atoms with Gasteiger partial charge in [-0.3, -0.25) is 4.79 Å². The van der Waals surface area contributed by atoms with E-state index in [1.54, 1.807) is 22.9 Å². The summed E-state index contributed by atoms with van der Waals surface area (Å²) in [4.78, 5) is 11.8. The first kappa shape index (κ1) is 14.4. The molecule has 0 unspecified atom stereocenters. The van der Waals surface area contributed by atoms with Crippen LogP contribution in [-0.4, -0.2) is 22.2 Å². The van der Waals surface area contributed by atoms with E-state index in [0.717, 1.165) is 11.4 Å². The van der Waals surface area contributed by atoms with E-state index in [1.165, 1.54) is 0 Å². The number of carbonyl (C=O) groups is 1. The van der Waals surface area contributed by atoms with Gasteiger partial charge in [-0.25, -0.2) is 4.68 Å². The zero-order valence-corrected chi connectivity index (χ0v) is 12.5. The Hall–Kier alpha value is -2.01. The Bertz CT molecular complexity index is 663. The van der Waals surface area contributed by atoms with Crippen LogP contribution in [0, 0.1) is 13.8 Å². The number of anilines is 1. The third-order valence-corrected chi connectivity index (χ3v) is 3.61. The maximum atomic E-state index is 11.8. The molecular weight excluding hydrogens is 276 g/mol. The monoisotopic (exact) mass is 292 g/mol. The van der Waals surface area contributed by atoms with Crippen molar-refractivity contribution in [2.24, 2.45) is 0 Å². The average molecular weight is 293 g/mol. The summed E-state index contributed by atoms with van der Waals surface area (Å²) in [7, 11) is 0. The van der Waals surface area contributed by atoms with Crippen LogP contribution in [0.1, 0.15) is 28.7 Å². The van der Waals surface area contributed by atoms with E-state index >= 15 is 0 Å². The number of nitrogen functional groups attached to an aromatic ring is 1. The molecule has 0 bridgehead atoms. The molecule has 0 radical (unpaired) electrons. The van der Waals surface area contributed by atoms with Gasteiger partial charge in [0.1, 0.15) is 0 Å². The Morgan fingerprint density at radius 2 is 2.15 bits per heavy atom. The topological polar surface area (TPSA) is 72.9 Å². The van der Waals surface area contributed by atoms with Crippen LogP contribution in [0.15, 0.2) is 18.2 Å². The van der Waals surface area contributed by atoms with Crippen molar-refractivity contribution in [3.8, 4) is 5.69 Å². The molecule has 3 N–H and O–H groups in total. The highest BCUT2D eigenvalue weighted by atomic mass is 35.5. The van der Waals surface area contributed by atoms with Crippen LogP contribution >= 0.6 is 11.6 Å². The fourth-order valence-corrected chi connectivity index (χ4v) is 2.13. The first-order valence-electron chi connectivity index (χ1n) is 6.35. The fraction of sp³-hybridized carbons (Fsp3) is 0.286. The minimum absolute atomic E-state index is 0.142. The van der Waals surface area contributed by atoms with Gasteiger partial charge in [0.15, 0.2) is 0 Å². The maximum absolute atomic E-state index is 11.8. The molecule has 1 heterocycles. The third-order valence-electron chi connectivity index (χ3n) is 3.06. The molecule has 0 aliphatic heterocycles. The van der Waals surface area contributed by atoms with Crippen molar-refractivity contribution >= 4 is 23.2 Å². The van der Waals surface area contributed by atoms with Crippen LogP contribution in [0.3, 0.4) is 0 Å². The molecule has 0 atom stereocenters. The summed E-state index contributed by atoms with van der Waals surface area (Å²) >= 11 is 6.14. The Morgan fingerprint density at radius 3 is 2.65 bits per heavy atom. The van der Waals surface area contributed by atoms with Crippen molar-refractivity contribution in [1.82, 2.24) is 15.1 Å². The van der Waals surface area contributed by atoms with Crippen molar-refractivity contribution in [3.05, 3.63) is 40.2 Å². The van der Waals surface area contributed by atoms with Gasteiger partial charge >= 0.3 is 0 Å². The first-order valence-corrected chi connectivity index (χ1v) is 6.73. The summed E-state index contributed by atoms with van der Waals surface area (Å²) in [5.41, 5.74) is 9.32. The SMILES string of the molecule is CCNC(=O)c1ccc(-n2nc(C)c(Cl)c2C)c(N)c1. The van der Waals surface area contributed by atoms with E-state index in [9.17, 15) is 4.79 Å². The molecule has 20 heavy (non-hydrogen) atoms. The van der Waals surface area contributed by atoms with E-state index in [-0.39, 0.29) is 5.91 Å². The second-order valence-electron chi connectivity index (χ2n) is 4.53. The number of amides is 1. The lowest BCUT2D eigenvalue weighted by atomic mass is 10.1. The van der Waals surface area contributed by atoms with E-state index in [1.807, 2.05) is 20.8 Å². The van der Waals surface area contributed by atoms with E-state index in [0.29, 0.717) is 28.5 Å². The van der Waals surface area contributed by atoms with Crippen molar-refractivity contribution in [1.29, 1.82) is 0 Å². The van der Waals surface area contributed by atoms with Gasteiger partial charge in [-0.05, 0) is 39.0 Å². The highest BCUT2D eigenvalue weighted by Crippen LogP contribution is 2.25. The number of halogens is 1. The van der Waals surface area contributed by atoms with Gasteiger partial charge in [0.05, 0.1) is 27.8 Å². The second kappa shape index (κ2) is 5.54. The Morgan fingerprint density at radius 1 is 1.45 bits per heavy atom. The summed E-state index contributed by atoms with van der Waals surface area (Å²) < 4.78 is 1.69. The smallest absolute Gasteiger partial charge is 0.251 e. The molecule has 0 aliphatic carbocycles. The molecule has 0 saturated heterocycles. The minimum atomic E-state index is -0.142. The molecule has 5 nitrogen and oxygen atoms in total. The van der Waals surface area contributed by atoms with E-state index in [4.69, 9.17) is 17.3 Å². The molecular formula is C14H17ClN4O.